The van der Waals surface area contributed by atoms with E-state index in [2.05, 4.69) is 11.4 Å². The summed E-state index contributed by atoms with van der Waals surface area (Å²) in [5.74, 6) is -1.36. The number of amides is 1. The van der Waals surface area contributed by atoms with Gasteiger partial charge in [0.2, 0.25) is 0 Å². The summed E-state index contributed by atoms with van der Waals surface area (Å²) >= 11 is 5.80. The number of halogens is 2. The molecule has 0 bridgehead atoms. The molecular weight excluding hydrogens is 255 g/mol. The first kappa shape index (κ1) is 14.5. The SMILES string of the molecule is CCC(C#N)(CC)NC(=O)c1c(F)cccc1Cl. The van der Waals surface area contributed by atoms with Gasteiger partial charge in [0.05, 0.1) is 16.7 Å². The molecule has 0 saturated carbocycles. The monoisotopic (exact) mass is 268 g/mol. The predicted octanol–water partition coefficient (Wildman–Crippen LogP) is 3.29. The van der Waals surface area contributed by atoms with Crippen molar-refractivity contribution in [2.24, 2.45) is 0 Å². The lowest BCUT2D eigenvalue weighted by Gasteiger charge is -2.25. The van der Waals surface area contributed by atoms with Crippen molar-refractivity contribution in [2.45, 2.75) is 32.2 Å². The molecule has 0 atom stereocenters. The standard InChI is InChI=1S/C13H14ClFN2O/c1-3-13(4-2,8-16)17-12(18)11-9(14)6-5-7-10(11)15/h5-7H,3-4H2,1-2H3,(H,17,18). The van der Waals surface area contributed by atoms with E-state index in [-0.39, 0.29) is 10.6 Å². The summed E-state index contributed by atoms with van der Waals surface area (Å²) in [6.45, 7) is 3.58. The maximum Gasteiger partial charge on any atom is 0.257 e. The number of nitrogens with zero attached hydrogens (tertiary/aromatic N) is 1. The van der Waals surface area contributed by atoms with E-state index in [1.54, 1.807) is 13.8 Å². The highest BCUT2D eigenvalue weighted by Gasteiger charge is 2.29. The van der Waals surface area contributed by atoms with Crippen LogP contribution in [0.15, 0.2) is 18.2 Å². The van der Waals surface area contributed by atoms with Crippen molar-refractivity contribution in [3.63, 3.8) is 0 Å². The minimum Gasteiger partial charge on any atom is -0.334 e. The van der Waals surface area contributed by atoms with E-state index in [4.69, 9.17) is 16.9 Å². The van der Waals surface area contributed by atoms with Crippen LogP contribution in [0.2, 0.25) is 5.02 Å². The first-order valence-corrected chi connectivity index (χ1v) is 6.05. The van der Waals surface area contributed by atoms with Gasteiger partial charge in [-0.2, -0.15) is 5.26 Å². The molecule has 1 aromatic carbocycles. The number of carbonyl (C=O) groups is 1. The summed E-state index contributed by atoms with van der Waals surface area (Å²) in [5, 5.41) is 11.7. The fraction of sp³-hybridized carbons (Fsp3) is 0.385. The van der Waals surface area contributed by atoms with Crippen molar-refractivity contribution in [1.29, 1.82) is 5.26 Å². The minimum atomic E-state index is -0.983. The topological polar surface area (TPSA) is 52.9 Å². The molecule has 0 aliphatic carbocycles. The number of nitrogens with one attached hydrogen (secondary N) is 1. The molecule has 96 valence electrons. The van der Waals surface area contributed by atoms with Gasteiger partial charge in [0.25, 0.3) is 5.91 Å². The molecule has 3 nitrogen and oxygen atoms in total. The molecule has 0 saturated heterocycles. The highest BCUT2D eigenvalue weighted by atomic mass is 35.5. The molecule has 0 unspecified atom stereocenters. The van der Waals surface area contributed by atoms with Crippen molar-refractivity contribution in [3.05, 3.63) is 34.6 Å². The van der Waals surface area contributed by atoms with Crippen LogP contribution >= 0.6 is 11.6 Å². The van der Waals surface area contributed by atoms with E-state index >= 15 is 0 Å². The van der Waals surface area contributed by atoms with Gasteiger partial charge in [-0.3, -0.25) is 4.79 Å². The molecule has 0 aliphatic heterocycles. The predicted molar refractivity (Wildman–Crippen MR) is 67.8 cm³/mol. The zero-order valence-electron chi connectivity index (χ0n) is 10.3. The average molecular weight is 269 g/mol. The van der Waals surface area contributed by atoms with Gasteiger partial charge in [-0.1, -0.05) is 31.5 Å². The summed E-state index contributed by atoms with van der Waals surface area (Å²) < 4.78 is 13.6. The van der Waals surface area contributed by atoms with Crippen molar-refractivity contribution in [1.82, 2.24) is 5.32 Å². The summed E-state index contributed by atoms with van der Waals surface area (Å²) in [6.07, 6.45) is 0.885. The summed E-state index contributed by atoms with van der Waals surface area (Å²) in [7, 11) is 0. The van der Waals surface area contributed by atoms with Crippen LogP contribution in [0.1, 0.15) is 37.0 Å². The molecule has 1 aromatic rings. The Balaban J connectivity index is 3.06. The Morgan fingerprint density at radius 1 is 1.50 bits per heavy atom. The highest BCUT2D eigenvalue weighted by molar-refractivity contribution is 6.33. The Labute approximate surface area is 111 Å². The molecule has 0 heterocycles. The highest BCUT2D eigenvalue weighted by Crippen LogP contribution is 2.21. The molecule has 1 rings (SSSR count). The Hall–Kier alpha value is -1.60. The number of nitriles is 1. The number of hydrogen-bond donors (Lipinski definition) is 1. The van der Waals surface area contributed by atoms with Crippen LogP contribution in [0.3, 0.4) is 0 Å². The molecule has 1 N–H and O–H groups in total. The van der Waals surface area contributed by atoms with Crippen LogP contribution in [0, 0.1) is 17.1 Å². The van der Waals surface area contributed by atoms with Crippen LogP contribution < -0.4 is 5.32 Å². The Kier molecular flexibility index (Phi) is 4.69. The minimum absolute atomic E-state index is 0.0338. The third kappa shape index (κ3) is 2.80. The third-order valence-electron chi connectivity index (χ3n) is 2.96. The lowest BCUT2D eigenvalue weighted by molar-refractivity contribution is 0.0911. The second-order valence-corrected chi connectivity index (χ2v) is 4.36. The molecule has 0 spiro atoms. The van der Waals surface area contributed by atoms with Crippen LogP contribution in [0.5, 0.6) is 0 Å². The number of rotatable bonds is 4. The number of benzene rings is 1. The average Bonchev–Trinajstić information content (AvgIpc) is 2.36. The molecule has 0 fully saturated rings. The first-order chi connectivity index (χ1) is 8.49. The van der Waals surface area contributed by atoms with E-state index in [1.807, 2.05) is 0 Å². The van der Waals surface area contributed by atoms with Crippen molar-refractivity contribution in [3.8, 4) is 6.07 Å². The third-order valence-corrected chi connectivity index (χ3v) is 3.28. The fourth-order valence-corrected chi connectivity index (χ4v) is 1.86. The fourth-order valence-electron chi connectivity index (χ4n) is 1.61. The van der Waals surface area contributed by atoms with E-state index in [0.717, 1.165) is 6.07 Å². The second kappa shape index (κ2) is 5.83. The molecule has 0 aromatic heterocycles. The van der Waals surface area contributed by atoms with Crippen LogP contribution in [-0.4, -0.2) is 11.4 Å². The summed E-state index contributed by atoms with van der Waals surface area (Å²) in [6, 6.07) is 6.07. The lowest BCUT2D eigenvalue weighted by Crippen LogP contribution is -2.46. The molecule has 5 heteroatoms. The normalized spacial score (nSPS) is 10.8. The van der Waals surface area contributed by atoms with Gasteiger partial charge in [0, 0.05) is 0 Å². The van der Waals surface area contributed by atoms with E-state index in [1.165, 1.54) is 12.1 Å². The second-order valence-electron chi connectivity index (χ2n) is 3.95. The zero-order valence-corrected chi connectivity index (χ0v) is 11.0. The molecular formula is C13H14ClFN2O. The van der Waals surface area contributed by atoms with E-state index in [0.29, 0.717) is 12.8 Å². The molecule has 0 aliphatic rings. The Morgan fingerprint density at radius 2 is 2.11 bits per heavy atom. The van der Waals surface area contributed by atoms with E-state index < -0.39 is 17.3 Å². The Bertz CT molecular complexity index is 472. The van der Waals surface area contributed by atoms with Gasteiger partial charge in [0.15, 0.2) is 0 Å². The van der Waals surface area contributed by atoms with Gasteiger partial charge >= 0.3 is 0 Å². The van der Waals surface area contributed by atoms with Crippen molar-refractivity contribution in [2.75, 3.05) is 0 Å². The maximum absolute atomic E-state index is 13.6. The smallest absolute Gasteiger partial charge is 0.257 e. The van der Waals surface area contributed by atoms with Crippen molar-refractivity contribution < 1.29 is 9.18 Å². The molecule has 0 radical (unpaired) electrons. The maximum atomic E-state index is 13.6. The van der Waals surface area contributed by atoms with Gasteiger partial charge in [-0.15, -0.1) is 0 Å². The van der Waals surface area contributed by atoms with E-state index in [9.17, 15) is 9.18 Å². The molecule has 18 heavy (non-hydrogen) atoms. The zero-order chi connectivity index (χ0) is 13.8. The van der Waals surface area contributed by atoms with Gasteiger partial charge in [-0.05, 0) is 25.0 Å². The molecule has 1 amide bonds. The van der Waals surface area contributed by atoms with Gasteiger partial charge in [0.1, 0.15) is 11.4 Å². The van der Waals surface area contributed by atoms with Gasteiger partial charge < -0.3 is 5.32 Å². The quantitative estimate of drug-likeness (QED) is 0.911. The van der Waals surface area contributed by atoms with Crippen LogP contribution in [0.25, 0.3) is 0 Å². The summed E-state index contributed by atoms with van der Waals surface area (Å²) in [4.78, 5) is 12.0. The summed E-state index contributed by atoms with van der Waals surface area (Å²) in [5.41, 5.74) is -1.21. The number of hydrogen-bond acceptors (Lipinski definition) is 2. The van der Waals surface area contributed by atoms with Crippen molar-refractivity contribution >= 4 is 17.5 Å². The first-order valence-electron chi connectivity index (χ1n) is 5.67. The Morgan fingerprint density at radius 3 is 2.56 bits per heavy atom. The largest absolute Gasteiger partial charge is 0.334 e. The lowest BCUT2D eigenvalue weighted by atomic mass is 9.94. The number of carbonyl (C=O) groups excluding carboxylic acids is 1. The van der Waals surface area contributed by atoms with Crippen LogP contribution in [0.4, 0.5) is 4.39 Å². The van der Waals surface area contributed by atoms with Gasteiger partial charge in [-0.25, -0.2) is 4.39 Å². The van der Waals surface area contributed by atoms with Crippen LogP contribution in [-0.2, 0) is 0 Å².